The van der Waals surface area contributed by atoms with E-state index in [0.29, 0.717) is 5.56 Å². The van der Waals surface area contributed by atoms with Crippen LogP contribution in [0.3, 0.4) is 0 Å². The summed E-state index contributed by atoms with van der Waals surface area (Å²) in [5.74, 6) is -0.102. The van der Waals surface area contributed by atoms with Gasteiger partial charge in [-0.2, -0.15) is 0 Å². The third-order valence-corrected chi connectivity index (χ3v) is 3.30. The molecule has 0 aliphatic rings. The summed E-state index contributed by atoms with van der Waals surface area (Å²) in [5, 5.41) is 3.85. The van der Waals surface area contributed by atoms with Crippen molar-refractivity contribution in [3.8, 4) is 0 Å². The van der Waals surface area contributed by atoms with Gasteiger partial charge in [0.15, 0.2) is 0 Å². The molecule has 1 aromatic heterocycles. The van der Waals surface area contributed by atoms with Gasteiger partial charge in [0.2, 0.25) is 0 Å². The van der Waals surface area contributed by atoms with Gasteiger partial charge < -0.3 is 10.1 Å². The van der Waals surface area contributed by atoms with E-state index < -0.39 is 0 Å². The minimum Gasteiger partial charge on any atom is -0.364 e. The monoisotopic (exact) mass is 235 g/mol. The van der Waals surface area contributed by atoms with E-state index in [2.05, 4.69) is 18.3 Å². The summed E-state index contributed by atoms with van der Waals surface area (Å²) < 4.78 is 5.94. The number of nitrogens with one attached hydrogen (secondary N) is 1. The van der Waals surface area contributed by atoms with Crippen LogP contribution in [-0.2, 0) is 4.74 Å². The van der Waals surface area contributed by atoms with E-state index in [9.17, 15) is 4.79 Å². The second-order valence-corrected chi connectivity index (χ2v) is 4.84. The molecule has 0 spiro atoms. The van der Waals surface area contributed by atoms with Gasteiger partial charge in [-0.3, -0.25) is 4.79 Å². The van der Waals surface area contributed by atoms with E-state index >= 15 is 0 Å². The summed E-state index contributed by atoms with van der Waals surface area (Å²) >= 11 is 1.70. The third-order valence-electron chi connectivity index (χ3n) is 2.28. The van der Waals surface area contributed by atoms with Crippen LogP contribution in [0.5, 0.6) is 0 Å². The summed E-state index contributed by atoms with van der Waals surface area (Å²) in [6.45, 7) is 2.30. The van der Waals surface area contributed by atoms with Crippen molar-refractivity contribution in [1.82, 2.24) is 5.32 Å². The minimum atomic E-state index is -0.102. The molecule has 1 heterocycles. The lowest BCUT2D eigenvalue weighted by molar-refractivity contribution is 0.0872. The highest BCUT2D eigenvalue weighted by atomic mass is 32.1. The van der Waals surface area contributed by atoms with Crippen LogP contribution in [-0.4, -0.2) is 19.7 Å². The molecule has 84 valence electrons. The molecule has 0 unspecified atom stereocenters. The lowest BCUT2D eigenvalue weighted by Gasteiger charge is -2.03. The van der Waals surface area contributed by atoms with Crippen molar-refractivity contribution < 1.29 is 9.53 Å². The molecule has 0 saturated carbocycles. The summed E-state index contributed by atoms with van der Waals surface area (Å²) in [4.78, 5) is 12.9. The van der Waals surface area contributed by atoms with Crippen molar-refractivity contribution in [1.29, 1.82) is 0 Å². The topological polar surface area (TPSA) is 38.3 Å². The lowest BCUT2D eigenvalue weighted by atomic mass is 10.1. The van der Waals surface area contributed by atoms with Gasteiger partial charge in [-0.05, 0) is 30.5 Å². The molecule has 0 atom stereocenters. The van der Waals surface area contributed by atoms with Gasteiger partial charge in [-0.1, -0.05) is 6.07 Å². The van der Waals surface area contributed by atoms with Gasteiger partial charge in [0.05, 0.1) is 0 Å². The highest BCUT2D eigenvalue weighted by Crippen LogP contribution is 2.25. The number of aryl methyl sites for hydroxylation is 1. The molecular formula is C12H13NO2S. The van der Waals surface area contributed by atoms with Crippen LogP contribution in [0.4, 0.5) is 0 Å². The van der Waals surface area contributed by atoms with E-state index in [1.807, 2.05) is 18.2 Å². The maximum absolute atomic E-state index is 11.7. The normalized spacial score (nSPS) is 10.6. The number of carbonyl (C=O) groups is 1. The lowest BCUT2D eigenvalue weighted by Crippen LogP contribution is -2.25. The predicted molar refractivity (Wildman–Crippen MR) is 65.9 cm³/mol. The minimum absolute atomic E-state index is 0.102. The zero-order chi connectivity index (χ0) is 11.5. The van der Waals surface area contributed by atoms with Gasteiger partial charge in [-0.15, -0.1) is 11.3 Å². The van der Waals surface area contributed by atoms with Gasteiger partial charge >= 0.3 is 0 Å². The molecule has 0 aliphatic heterocycles. The molecule has 0 radical (unpaired) electrons. The van der Waals surface area contributed by atoms with Crippen LogP contribution in [0.15, 0.2) is 24.3 Å². The number of ether oxygens (including phenoxy) is 1. The van der Waals surface area contributed by atoms with Gasteiger partial charge in [0.1, 0.15) is 6.73 Å². The molecule has 2 rings (SSSR count). The van der Waals surface area contributed by atoms with Crippen molar-refractivity contribution >= 4 is 27.3 Å². The van der Waals surface area contributed by atoms with E-state index in [4.69, 9.17) is 4.74 Å². The number of carbonyl (C=O) groups excluding carboxylic acids is 1. The molecule has 3 nitrogen and oxygen atoms in total. The van der Waals surface area contributed by atoms with Crippen molar-refractivity contribution in [3.63, 3.8) is 0 Å². The Morgan fingerprint density at radius 1 is 1.44 bits per heavy atom. The molecule has 0 saturated heterocycles. The van der Waals surface area contributed by atoms with Crippen LogP contribution in [0.2, 0.25) is 0 Å². The fraction of sp³-hybridized carbons (Fsp3) is 0.250. The Morgan fingerprint density at radius 3 is 3.00 bits per heavy atom. The molecular weight excluding hydrogens is 222 g/mol. The Balaban J connectivity index is 2.28. The summed E-state index contributed by atoms with van der Waals surface area (Å²) in [7, 11) is 1.55. The third kappa shape index (κ3) is 2.23. The molecule has 1 N–H and O–H groups in total. The first-order valence-corrected chi connectivity index (χ1v) is 5.79. The Hall–Kier alpha value is -1.39. The van der Waals surface area contributed by atoms with Crippen molar-refractivity contribution in [2.24, 2.45) is 0 Å². The van der Waals surface area contributed by atoms with E-state index in [1.54, 1.807) is 18.4 Å². The van der Waals surface area contributed by atoms with Crippen molar-refractivity contribution in [3.05, 3.63) is 34.7 Å². The molecule has 0 aliphatic carbocycles. The molecule has 16 heavy (non-hydrogen) atoms. The van der Waals surface area contributed by atoms with E-state index in [0.717, 1.165) is 4.70 Å². The van der Waals surface area contributed by atoms with Crippen molar-refractivity contribution in [2.45, 2.75) is 6.92 Å². The average Bonchev–Trinajstić information content (AvgIpc) is 2.64. The highest BCUT2D eigenvalue weighted by Gasteiger charge is 2.06. The second kappa shape index (κ2) is 4.63. The fourth-order valence-corrected chi connectivity index (χ4v) is 2.51. The Labute approximate surface area is 98.0 Å². The summed E-state index contributed by atoms with van der Waals surface area (Å²) in [6.07, 6.45) is 0. The predicted octanol–water partition coefficient (Wildman–Crippen LogP) is 2.54. The summed E-state index contributed by atoms with van der Waals surface area (Å²) in [6, 6.07) is 7.84. The van der Waals surface area contributed by atoms with Gasteiger partial charge in [0, 0.05) is 22.3 Å². The molecule has 0 bridgehead atoms. The smallest absolute Gasteiger partial charge is 0.253 e. The highest BCUT2D eigenvalue weighted by molar-refractivity contribution is 7.19. The quantitative estimate of drug-likeness (QED) is 0.830. The van der Waals surface area contributed by atoms with Gasteiger partial charge in [-0.25, -0.2) is 0 Å². The second-order valence-electron chi connectivity index (χ2n) is 3.55. The molecule has 4 heteroatoms. The number of fused-ring (bicyclic) bond motifs is 1. The first-order chi connectivity index (χ1) is 7.70. The Bertz CT molecular complexity index is 519. The van der Waals surface area contributed by atoms with E-state index in [-0.39, 0.29) is 12.6 Å². The number of thiophene rings is 1. The molecule has 2 aromatic rings. The van der Waals surface area contributed by atoms with Gasteiger partial charge in [0.25, 0.3) is 5.91 Å². The molecule has 1 amide bonds. The number of hydrogen-bond acceptors (Lipinski definition) is 3. The first kappa shape index (κ1) is 11.1. The van der Waals surface area contributed by atoms with E-state index in [1.165, 1.54) is 10.3 Å². The number of methoxy groups -OCH3 is 1. The van der Waals surface area contributed by atoms with Crippen LogP contribution < -0.4 is 5.32 Å². The number of benzene rings is 1. The largest absolute Gasteiger partial charge is 0.364 e. The van der Waals surface area contributed by atoms with Crippen LogP contribution in [0.25, 0.3) is 10.1 Å². The first-order valence-electron chi connectivity index (χ1n) is 4.98. The molecule has 0 fully saturated rings. The van der Waals surface area contributed by atoms with Crippen LogP contribution >= 0.6 is 11.3 Å². The Kier molecular flexibility index (Phi) is 3.22. The van der Waals surface area contributed by atoms with Crippen LogP contribution in [0.1, 0.15) is 15.2 Å². The average molecular weight is 235 g/mol. The van der Waals surface area contributed by atoms with Crippen molar-refractivity contribution in [2.75, 3.05) is 13.8 Å². The number of rotatable bonds is 3. The number of amides is 1. The van der Waals surface area contributed by atoms with Crippen LogP contribution in [0, 0.1) is 6.92 Å². The SMILES string of the molecule is COCNC(=O)c1ccc2cc(C)sc2c1. The maximum atomic E-state index is 11.7. The zero-order valence-corrected chi connectivity index (χ0v) is 10.1. The maximum Gasteiger partial charge on any atom is 0.253 e. The zero-order valence-electron chi connectivity index (χ0n) is 9.24. The fourth-order valence-electron chi connectivity index (χ4n) is 1.54. The number of hydrogen-bond donors (Lipinski definition) is 1. The summed E-state index contributed by atoms with van der Waals surface area (Å²) in [5.41, 5.74) is 0.673. The Morgan fingerprint density at radius 2 is 2.25 bits per heavy atom. The standard InChI is InChI=1S/C12H13NO2S/c1-8-5-9-3-4-10(6-11(9)16-8)12(14)13-7-15-2/h3-6H,7H2,1-2H3,(H,13,14). The molecule has 1 aromatic carbocycles.